The number of amides is 1. The summed E-state index contributed by atoms with van der Waals surface area (Å²) in [6.45, 7) is 4.05. The summed E-state index contributed by atoms with van der Waals surface area (Å²) in [7, 11) is 1.93. The van der Waals surface area contributed by atoms with Crippen LogP contribution in [0.15, 0.2) is 0 Å². The Morgan fingerprint density at radius 3 is 2.68 bits per heavy atom. The topological polar surface area (TPSA) is 67.2 Å². The van der Waals surface area contributed by atoms with Gasteiger partial charge in [-0.05, 0) is 56.1 Å². The lowest BCUT2D eigenvalue weighted by atomic mass is 9.94. The largest absolute Gasteiger partial charge is 0.394 e. The lowest BCUT2D eigenvalue weighted by molar-refractivity contribution is -0.122. The summed E-state index contributed by atoms with van der Waals surface area (Å²) >= 11 is 1.95. The Labute approximate surface area is 136 Å². The van der Waals surface area contributed by atoms with Gasteiger partial charge in [0.25, 0.3) is 0 Å². The molecule has 2 rings (SSSR count). The summed E-state index contributed by atoms with van der Waals surface area (Å²) < 4.78 is 1.86. The standard InChI is InChI=1S/C16H27N3O2S/c1-11-14(12(2)19(3)18-11)4-5-16(21)17-15(10-20)13-6-8-22-9-7-13/h13,15,20H,4-10H2,1-3H3,(H,17,21)/t15-/m1/s1. The highest BCUT2D eigenvalue weighted by Gasteiger charge is 2.24. The monoisotopic (exact) mass is 325 g/mol. The van der Waals surface area contributed by atoms with E-state index in [-0.39, 0.29) is 18.6 Å². The maximum atomic E-state index is 12.2. The third-order valence-corrected chi connectivity index (χ3v) is 5.69. The van der Waals surface area contributed by atoms with Crippen molar-refractivity contribution in [1.82, 2.24) is 15.1 Å². The summed E-state index contributed by atoms with van der Waals surface area (Å²) in [5, 5.41) is 17.0. The quantitative estimate of drug-likeness (QED) is 0.833. The molecule has 1 aliphatic rings. The molecule has 22 heavy (non-hydrogen) atoms. The Hall–Kier alpha value is -1.01. The fourth-order valence-electron chi connectivity index (χ4n) is 3.13. The van der Waals surface area contributed by atoms with Gasteiger partial charge in [0, 0.05) is 19.2 Å². The van der Waals surface area contributed by atoms with E-state index in [0.717, 1.165) is 41.3 Å². The molecule has 1 amide bonds. The number of nitrogens with one attached hydrogen (secondary N) is 1. The lowest BCUT2D eigenvalue weighted by Crippen LogP contribution is -2.44. The van der Waals surface area contributed by atoms with E-state index in [9.17, 15) is 9.90 Å². The van der Waals surface area contributed by atoms with E-state index in [1.807, 2.05) is 37.3 Å². The van der Waals surface area contributed by atoms with Crippen LogP contribution in [0.4, 0.5) is 0 Å². The van der Waals surface area contributed by atoms with Crippen LogP contribution in [0.2, 0.25) is 0 Å². The van der Waals surface area contributed by atoms with Crippen molar-refractivity contribution in [3.63, 3.8) is 0 Å². The number of carbonyl (C=O) groups is 1. The fourth-order valence-corrected chi connectivity index (χ4v) is 4.27. The maximum absolute atomic E-state index is 12.2. The van der Waals surface area contributed by atoms with Crippen molar-refractivity contribution < 1.29 is 9.90 Å². The molecule has 1 saturated heterocycles. The minimum absolute atomic E-state index is 0.0277. The van der Waals surface area contributed by atoms with Gasteiger partial charge in [-0.3, -0.25) is 9.48 Å². The molecule has 1 aromatic heterocycles. The van der Waals surface area contributed by atoms with Crippen molar-refractivity contribution in [2.75, 3.05) is 18.1 Å². The number of hydrogen-bond donors (Lipinski definition) is 2. The highest BCUT2D eigenvalue weighted by Crippen LogP contribution is 2.25. The molecule has 1 atom stereocenters. The minimum Gasteiger partial charge on any atom is -0.394 e. The zero-order valence-corrected chi connectivity index (χ0v) is 14.6. The van der Waals surface area contributed by atoms with Crippen LogP contribution in [0.3, 0.4) is 0 Å². The van der Waals surface area contributed by atoms with Crippen molar-refractivity contribution in [3.05, 3.63) is 17.0 Å². The molecule has 0 aromatic carbocycles. The summed E-state index contributed by atoms with van der Waals surface area (Å²) in [4.78, 5) is 12.2. The van der Waals surface area contributed by atoms with Gasteiger partial charge in [0.05, 0.1) is 18.3 Å². The molecule has 2 N–H and O–H groups in total. The van der Waals surface area contributed by atoms with Gasteiger partial charge in [-0.25, -0.2) is 0 Å². The molecule has 1 aromatic rings. The average molecular weight is 325 g/mol. The Balaban J connectivity index is 1.86. The molecule has 0 saturated carbocycles. The van der Waals surface area contributed by atoms with Crippen LogP contribution in [0, 0.1) is 19.8 Å². The number of carbonyl (C=O) groups excluding carboxylic acids is 1. The third kappa shape index (κ3) is 4.26. The van der Waals surface area contributed by atoms with Gasteiger partial charge in [-0.1, -0.05) is 0 Å². The molecule has 2 heterocycles. The zero-order valence-electron chi connectivity index (χ0n) is 13.8. The zero-order chi connectivity index (χ0) is 16.1. The third-order valence-electron chi connectivity index (χ3n) is 4.64. The van der Waals surface area contributed by atoms with Gasteiger partial charge in [0.15, 0.2) is 0 Å². The molecule has 0 spiro atoms. The van der Waals surface area contributed by atoms with E-state index in [4.69, 9.17) is 0 Å². The van der Waals surface area contributed by atoms with E-state index in [0.29, 0.717) is 18.8 Å². The Morgan fingerprint density at radius 2 is 2.14 bits per heavy atom. The van der Waals surface area contributed by atoms with Crippen LogP contribution >= 0.6 is 11.8 Å². The second-order valence-electron chi connectivity index (χ2n) is 6.08. The Morgan fingerprint density at radius 1 is 1.45 bits per heavy atom. The molecule has 5 nitrogen and oxygen atoms in total. The van der Waals surface area contributed by atoms with Crippen molar-refractivity contribution in [1.29, 1.82) is 0 Å². The SMILES string of the molecule is Cc1nn(C)c(C)c1CCC(=O)N[C@H](CO)C1CCSCC1. The predicted molar refractivity (Wildman–Crippen MR) is 90.1 cm³/mol. The molecule has 1 aliphatic heterocycles. The van der Waals surface area contributed by atoms with E-state index in [1.165, 1.54) is 0 Å². The molecule has 0 radical (unpaired) electrons. The smallest absolute Gasteiger partial charge is 0.220 e. The highest BCUT2D eigenvalue weighted by molar-refractivity contribution is 7.99. The van der Waals surface area contributed by atoms with Gasteiger partial charge < -0.3 is 10.4 Å². The van der Waals surface area contributed by atoms with Crippen LogP contribution < -0.4 is 5.32 Å². The van der Waals surface area contributed by atoms with Gasteiger partial charge in [0.2, 0.25) is 5.91 Å². The number of nitrogens with zero attached hydrogens (tertiary/aromatic N) is 2. The van der Waals surface area contributed by atoms with Crippen LogP contribution in [0.1, 0.15) is 36.2 Å². The Bertz CT molecular complexity index is 510. The van der Waals surface area contributed by atoms with Gasteiger partial charge in [0.1, 0.15) is 0 Å². The summed E-state index contributed by atoms with van der Waals surface area (Å²) in [5.41, 5.74) is 3.27. The minimum atomic E-state index is -0.0931. The molecule has 1 fully saturated rings. The molecule has 0 aliphatic carbocycles. The van der Waals surface area contributed by atoms with Crippen molar-refractivity contribution >= 4 is 17.7 Å². The predicted octanol–water partition coefficient (Wildman–Crippen LogP) is 1.59. The summed E-state index contributed by atoms with van der Waals surface area (Å²) in [6.07, 6.45) is 3.31. The van der Waals surface area contributed by atoms with Crippen molar-refractivity contribution in [2.24, 2.45) is 13.0 Å². The van der Waals surface area contributed by atoms with Crippen LogP contribution in [-0.2, 0) is 18.3 Å². The molecular formula is C16H27N3O2S. The number of aliphatic hydroxyl groups excluding tert-OH is 1. The van der Waals surface area contributed by atoms with E-state index >= 15 is 0 Å². The molecular weight excluding hydrogens is 298 g/mol. The first-order chi connectivity index (χ1) is 10.5. The number of aromatic nitrogens is 2. The second kappa shape index (κ2) is 8.02. The summed E-state index contributed by atoms with van der Waals surface area (Å²) in [6, 6.07) is -0.0931. The van der Waals surface area contributed by atoms with Crippen molar-refractivity contribution in [3.8, 4) is 0 Å². The first kappa shape index (κ1) is 17.3. The maximum Gasteiger partial charge on any atom is 0.220 e. The number of thioether (sulfide) groups is 1. The van der Waals surface area contributed by atoms with Crippen molar-refractivity contribution in [2.45, 2.75) is 45.6 Å². The van der Waals surface area contributed by atoms with E-state index in [1.54, 1.807) is 0 Å². The average Bonchev–Trinajstić information content (AvgIpc) is 2.76. The fraction of sp³-hybridized carbons (Fsp3) is 0.750. The Kier molecular flexibility index (Phi) is 6.32. The highest BCUT2D eigenvalue weighted by atomic mass is 32.2. The lowest BCUT2D eigenvalue weighted by Gasteiger charge is -2.29. The molecule has 0 unspecified atom stereocenters. The van der Waals surface area contributed by atoms with Gasteiger partial charge in [-0.15, -0.1) is 0 Å². The van der Waals surface area contributed by atoms with Crippen LogP contribution in [-0.4, -0.2) is 44.9 Å². The number of hydrogen-bond acceptors (Lipinski definition) is 4. The molecule has 0 bridgehead atoms. The van der Waals surface area contributed by atoms with Gasteiger partial charge >= 0.3 is 0 Å². The molecule has 6 heteroatoms. The number of aliphatic hydroxyl groups is 1. The molecule has 124 valence electrons. The first-order valence-corrected chi connectivity index (χ1v) is 9.15. The van der Waals surface area contributed by atoms with Gasteiger partial charge in [-0.2, -0.15) is 16.9 Å². The first-order valence-electron chi connectivity index (χ1n) is 8.00. The normalized spacial score (nSPS) is 17.5. The van der Waals surface area contributed by atoms with Crippen LogP contribution in [0.5, 0.6) is 0 Å². The van der Waals surface area contributed by atoms with E-state index in [2.05, 4.69) is 10.4 Å². The second-order valence-corrected chi connectivity index (χ2v) is 7.30. The van der Waals surface area contributed by atoms with E-state index < -0.39 is 0 Å². The van der Waals surface area contributed by atoms with Crippen LogP contribution in [0.25, 0.3) is 0 Å². The summed E-state index contributed by atoms with van der Waals surface area (Å²) in [5.74, 6) is 2.70. The number of rotatable bonds is 6. The number of aryl methyl sites for hydroxylation is 2.